The van der Waals surface area contributed by atoms with Crippen LogP contribution in [-0.4, -0.2) is 52.7 Å². The summed E-state index contributed by atoms with van der Waals surface area (Å²) < 4.78 is 13.2. The van der Waals surface area contributed by atoms with Gasteiger partial charge in [0.15, 0.2) is 0 Å². The predicted octanol–water partition coefficient (Wildman–Crippen LogP) is 1.39. The van der Waals surface area contributed by atoms with E-state index in [1.165, 1.54) is 5.56 Å². The van der Waals surface area contributed by atoms with Gasteiger partial charge in [0.05, 0.1) is 20.3 Å². The number of hydrogen-bond acceptors (Lipinski definition) is 6. The molecule has 2 aliphatic heterocycles. The van der Waals surface area contributed by atoms with E-state index in [-0.39, 0.29) is 5.92 Å². The lowest BCUT2D eigenvalue weighted by molar-refractivity contribution is 0.184. The van der Waals surface area contributed by atoms with Gasteiger partial charge in [-0.3, -0.25) is 4.90 Å². The summed E-state index contributed by atoms with van der Waals surface area (Å²) in [6.07, 6.45) is 2.09. The first-order valence-electron chi connectivity index (χ1n) is 8.90. The standard InChI is InChI=1S/C18H25N5O2/c1-24-16-4-2-13(3-5-16)14-10-23-18(25-12-14)17(20-21-23)11-22-8-6-15(19)7-9-22/h2-5,14-15H,6-12,19H2,1H3/t14-/m1/s1. The van der Waals surface area contributed by atoms with Gasteiger partial charge in [-0.2, -0.15) is 0 Å². The first kappa shape index (κ1) is 16.4. The van der Waals surface area contributed by atoms with Crippen molar-refractivity contribution >= 4 is 0 Å². The van der Waals surface area contributed by atoms with Crippen LogP contribution in [-0.2, 0) is 13.1 Å². The van der Waals surface area contributed by atoms with Crippen molar-refractivity contribution in [3.8, 4) is 11.6 Å². The Kier molecular flexibility index (Phi) is 4.59. The molecule has 0 aliphatic carbocycles. The van der Waals surface area contributed by atoms with Crippen LogP contribution >= 0.6 is 0 Å². The number of hydrogen-bond donors (Lipinski definition) is 1. The van der Waals surface area contributed by atoms with Crippen LogP contribution in [0.25, 0.3) is 0 Å². The molecule has 4 rings (SSSR count). The molecule has 2 N–H and O–H groups in total. The summed E-state index contributed by atoms with van der Waals surface area (Å²) in [5.74, 6) is 1.96. The number of likely N-dealkylation sites (tertiary alicyclic amines) is 1. The third-order valence-corrected chi connectivity index (χ3v) is 5.16. The number of piperidine rings is 1. The van der Waals surface area contributed by atoms with Crippen LogP contribution in [0.3, 0.4) is 0 Å². The molecule has 7 nitrogen and oxygen atoms in total. The van der Waals surface area contributed by atoms with Gasteiger partial charge in [0.25, 0.3) is 0 Å². The predicted molar refractivity (Wildman–Crippen MR) is 93.7 cm³/mol. The van der Waals surface area contributed by atoms with E-state index in [9.17, 15) is 0 Å². The van der Waals surface area contributed by atoms with Gasteiger partial charge in [-0.05, 0) is 30.5 Å². The van der Waals surface area contributed by atoms with Crippen molar-refractivity contribution in [1.29, 1.82) is 0 Å². The molecule has 25 heavy (non-hydrogen) atoms. The van der Waals surface area contributed by atoms with Gasteiger partial charge in [0, 0.05) is 31.6 Å². The van der Waals surface area contributed by atoms with Crippen molar-refractivity contribution in [2.75, 3.05) is 26.8 Å². The largest absolute Gasteiger partial charge is 0.497 e. The Balaban J connectivity index is 1.43. The number of benzene rings is 1. The SMILES string of the molecule is COc1ccc([C@H]2COc3c(CN4CCC(N)CC4)nnn3C2)cc1. The average molecular weight is 343 g/mol. The number of ether oxygens (including phenoxy) is 2. The van der Waals surface area contributed by atoms with Crippen molar-refractivity contribution in [3.63, 3.8) is 0 Å². The van der Waals surface area contributed by atoms with Gasteiger partial charge in [0.1, 0.15) is 11.4 Å². The molecule has 0 saturated carbocycles. The molecule has 2 aromatic rings. The molecule has 1 fully saturated rings. The van der Waals surface area contributed by atoms with Crippen LogP contribution in [0.1, 0.15) is 30.0 Å². The van der Waals surface area contributed by atoms with Crippen molar-refractivity contribution in [3.05, 3.63) is 35.5 Å². The molecule has 1 saturated heterocycles. The number of methoxy groups -OCH3 is 1. The lowest BCUT2D eigenvalue weighted by Crippen LogP contribution is -2.39. The Hall–Kier alpha value is -2.12. The van der Waals surface area contributed by atoms with Gasteiger partial charge in [-0.15, -0.1) is 5.10 Å². The minimum Gasteiger partial charge on any atom is -0.497 e. The van der Waals surface area contributed by atoms with E-state index in [0.29, 0.717) is 12.6 Å². The van der Waals surface area contributed by atoms with Crippen molar-refractivity contribution in [2.45, 2.75) is 37.9 Å². The fourth-order valence-electron chi connectivity index (χ4n) is 3.56. The smallest absolute Gasteiger partial charge is 0.237 e. The van der Waals surface area contributed by atoms with Crippen LogP contribution in [0.5, 0.6) is 11.6 Å². The Morgan fingerprint density at radius 3 is 2.72 bits per heavy atom. The topological polar surface area (TPSA) is 78.4 Å². The minimum atomic E-state index is 0.279. The van der Waals surface area contributed by atoms with E-state index in [1.54, 1.807) is 7.11 Å². The molecule has 3 heterocycles. The molecule has 0 amide bonds. The van der Waals surface area contributed by atoms with Crippen LogP contribution in [0, 0.1) is 0 Å². The molecule has 2 aliphatic rings. The summed E-state index contributed by atoms with van der Waals surface area (Å²) in [5, 5.41) is 8.67. The Morgan fingerprint density at radius 1 is 1.24 bits per heavy atom. The van der Waals surface area contributed by atoms with E-state index >= 15 is 0 Å². The monoisotopic (exact) mass is 343 g/mol. The second-order valence-corrected chi connectivity index (χ2v) is 6.92. The molecular formula is C18H25N5O2. The second-order valence-electron chi connectivity index (χ2n) is 6.92. The maximum Gasteiger partial charge on any atom is 0.237 e. The summed E-state index contributed by atoms with van der Waals surface area (Å²) in [4.78, 5) is 2.38. The molecule has 0 unspecified atom stereocenters. The molecule has 134 valence electrons. The Labute approximate surface area is 147 Å². The first-order valence-corrected chi connectivity index (χ1v) is 8.90. The third kappa shape index (κ3) is 3.48. The highest BCUT2D eigenvalue weighted by atomic mass is 16.5. The highest BCUT2D eigenvalue weighted by Crippen LogP contribution is 2.30. The molecule has 1 aromatic carbocycles. The third-order valence-electron chi connectivity index (χ3n) is 5.16. The van der Waals surface area contributed by atoms with Gasteiger partial charge < -0.3 is 15.2 Å². The Bertz CT molecular complexity index is 707. The number of nitrogens with two attached hydrogens (primary N) is 1. The molecule has 1 aromatic heterocycles. The summed E-state index contributed by atoms with van der Waals surface area (Å²) in [6, 6.07) is 8.49. The van der Waals surface area contributed by atoms with E-state index in [1.807, 2.05) is 16.8 Å². The summed E-state index contributed by atoms with van der Waals surface area (Å²) >= 11 is 0. The maximum atomic E-state index is 6.04. The molecule has 1 atom stereocenters. The number of rotatable bonds is 4. The van der Waals surface area contributed by atoms with Crippen molar-refractivity contribution < 1.29 is 9.47 Å². The summed E-state index contributed by atoms with van der Waals surface area (Å²) in [7, 11) is 1.68. The fraction of sp³-hybridized carbons (Fsp3) is 0.556. The quantitative estimate of drug-likeness (QED) is 0.904. The molecule has 7 heteroatoms. The molecule has 0 radical (unpaired) electrons. The van der Waals surface area contributed by atoms with Gasteiger partial charge in [-0.25, -0.2) is 4.68 Å². The molecular weight excluding hydrogens is 318 g/mol. The van der Waals surface area contributed by atoms with Crippen molar-refractivity contribution in [2.24, 2.45) is 5.73 Å². The first-order chi connectivity index (χ1) is 12.2. The minimum absolute atomic E-state index is 0.279. The zero-order valence-corrected chi connectivity index (χ0v) is 14.6. The maximum absolute atomic E-state index is 6.04. The van der Waals surface area contributed by atoms with Gasteiger partial charge >= 0.3 is 0 Å². The van der Waals surface area contributed by atoms with Gasteiger partial charge in [0.2, 0.25) is 5.88 Å². The highest BCUT2D eigenvalue weighted by molar-refractivity contribution is 5.30. The fourth-order valence-corrected chi connectivity index (χ4v) is 3.56. The van der Waals surface area contributed by atoms with Crippen LogP contribution < -0.4 is 15.2 Å². The number of aromatic nitrogens is 3. The van der Waals surface area contributed by atoms with E-state index in [0.717, 1.165) is 56.3 Å². The normalized spacial score (nSPS) is 21.6. The van der Waals surface area contributed by atoms with Crippen LogP contribution in [0.4, 0.5) is 0 Å². The summed E-state index contributed by atoms with van der Waals surface area (Å²) in [6.45, 7) is 4.26. The van der Waals surface area contributed by atoms with E-state index in [2.05, 4.69) is 27.3 Å². The van der Waals surface area contributed by atoms with E-state index < -0.39 is 0 Å². The highest BCUT2D eigenvalue weighted by Gasteiger charge is 2.27. The summed E-state index contributed by atoms with van der Waals surface area (Å²) in [5.41, 5.74) is 8.14. The average Bonchev–Trinajstić information content (AvgIpc) is 3.06. The second kappa shape index (κ2) is 7.01. The Morgan fingerprint density at radius 2 is 2.00 bits per heavy atom. The van der Waals surface area contributed by atoms with Crippen LogP contribution in [0.2, 0.25) is 0 Å². The zero-order chi connectivity index (χ0) is 17.2. The molecule has 0 bridgehead atoms. The molecule has 0 spiro atoms. The zero-order valence-electron chi connectivity index (χ0n) is 14.6. The van der Waals surface area contributed by atoms with E-state index in [4.69, 9.17) is 15.2 Å². The lowest BCUT2D eigenvalue weighted by atomic mass is 9.99. The van der Waals surface area contributed by atoms with Gasteiger partial charge in [-0.1, -0.05) is 17.3 Å². The number of nitrogens with zero attached hydrogens (tertiary/aromatic N) is 4. The number of fused-ring (bicyclic) bond motifs is 1. The lowest BCUT2D eigenvalue weighted by Gasteiger charge is -2.30. The van der Waals surface area contributed by atoms with Crippen LogP contribution in [0.15, 0.2) is 24.3 Å². The van der Waals surface area contributed by atoms with Crippen molar-refractivity contribution in [1.82, 2.24) is 19.9 Å².